The highest BCUT2D eigenvalue weighted by molar-refractivity contribution is 9.10. The molecule has 4 nitrogen and oxygen atoms in total. The van der Waals surface area contributed by atoms with Crippen LogP contribution in [-0.2, 0) is 6.54 Å². The molecule has 2 N–H and O–H groups in total. The minimum atomic E-state index is 0.212. The van der Waals surface area contributed by atoms with Gasteiger partial charge in [0.15, 0.2) is 0 Å². The summed E-state index contributed by atoms with van der Waals surface area (Å²) in [6, 6.07) is 9.53. The highest BCUT2D eigenvalue weighted by Gasteiger charge is 2.08. The number of benzene rings is 1. The Balaban J connectivity index is 2.22. The minimum absolute atomic E-state index is 0.212. The van der Waals surface area contributed by atoms with Gasteiger partial charge in [-0.05, 0) is 37.3 Å². The van der Waals surface area contributed by atoms with Crippen molar-refractivity contribution in [2.75, 3.05) is 24.3 Å². The third kappa shape index (κ3) is 3.42. The van der Waals surface area contributed by atoms with Gasteiger partial charge in [-0.3, -0.25) is 4.98 Å². The second-order valence-corrected chi connectivity index (χ2v) is 5.74. The topological polar surface area (TPSA) is 48.4 Å². The summed E-state index contributed by atoms with van der Waals surface area (Å²) >= 11 is 3.47. The molecule has 1 heterocycles. The summed E-state index contributed by atoms with van der Waals surface area (Å²) in [7, 11) is 3.99. The average molecular weight is 336 g/mol. The summed E-state index contributed by atoms with van der Waals surface area (Å²) in [6.07, 6.45) is 0. The summed E-state index contributed by atoms with van der Waals surface area (Å²) in [5, 5.41) is 13.1. The third-order valence-corrected chi connectivity index (χ3v) is 3.47. The van der Waals surface area contributed by atoms with E-state index in [1.807, 2.05) is 44.1 Å². The van der Waals surface area contributed by atoms with Crippen LogP contribution < -0.4 is 10.2 Å². The molecule has 20 heavy (non-hydrogen) atoms. The molecule has 0 aliphatic rings. The van der Waals surface area contributed by atoms with Crippen molar-refractivity contribution in [1.29, 1.82) is 0 Å². The molecule has 5 heteroatoms. The number of anilines is 2. The van der Waals surface area contributed by atoms with Crippen LogP contribution in [0.15, 0.2) is 34.8 Å². The highest BCUT2D eigenvalue weighted by atomic mass is 79.9. The van der Waals surface area contributed by atoms with E-state index < -0.39 is 0 Å². The van der Waals surface area contributed by atoms with Gasteiger partial charge in [0.05, 0.1) is 17.9 Å². The van der Waals surface area contributed by atoms with Gasteiger partial charge in [0.1, 0.15) is 11.4 Å². The number of hydrogen-bond acceptors (Lipinski definition) is 4. The van der Waals surface area contributed by atoms with Crippen molar-refractivity contribution in [3.63, 3.8) is 0 Å². The maximum Gasteiger partial charge on any atom is 0.138 e. The Morgan fingerprint density at radius 3 is 2.70 bits per heavy atom. The van der Waals surface area contributed by atoms with Crippen LogP contribution in [-0.4, -0.2) is 24.2 Å². The van der Waals surface area contributed by atoms with Crippen molar-refractivity contribution in [2.45, 2.75) is 13.5 Å². The number of aryl methyl sites for hydroxylation is 1. The third-order valence-electron chi connectivity index (χ3n) is 2.98. The lowest BCUT2D eigenvalue weighted by Gasteiger charge is -2.19. The summed E-state index contributed by atoms with van der Waals surface area (Å²) < 4.78 is 1.01. The molecule has 0 bridgehead atoms. The number of halogens is 1. The number of rotatable bonds is 4. The molecule has 106 valence electrons. The number of nitrogens with zero attached hydrogens (tertiary/aromatic N) is 2. The molecule has 2 rings (SSSR count). The van der Waals surface area contributed by atoms with E-state index in [1.54, 1.807) is 12.1 Å². The minimum Gasteiger partial charge on any atom is -0.506 e. The molecule has 1 aromatic carbocycles. The summed E-state index contributed by atoms with van der Waals surface area (Å²) in [5.41, 5.74) is 3.61. The van der Waals surface area contributed by atoms with Crippen molar-refractivity contribution in [3.8, 4) is 5.75 Å². The van der Waals surface area contributed by atoms with E-state index >= 15 is 0 Å². The maximum absolute atomic E-state index is 9.82. The molecule has 0 aliphatic heterocycles. The Kier molecular flexibility index (Phi) is 4.49. The monoisotopic (exact) mass is 335 g/mol. The van der Waals surface area contributed by atoms with Crippen LogP contribution in [0.2, 0.25) is 0 Å². The molecular formula is C15H18BrN3O. The van der Waals surface area contributed by atoms with E-state index in [0.29, 0.717) is 12.2 Å². The van der Waals surface area contributed by atoms with Gasteiger partial charge in [0.25, 0.3) is 0 Å². The normalized spacial score (nSPS) is 10.4. The van der Waals surface area contributed by atoms with E-state index in [2.05, 4.69) is 26.2 Å². The van der Waals surface area contributed by atoms with E-state index in [9.17, 15) is 5.11 Å². The van der Waals surface area contributed by atoms with Crippen LogP contribution in [0.4, 0.5) is 11.4 Å². The van der Waals surface area contributed by atoms with E-state index in [1.165, 1.54) is 0 Å². The van der Waals surface area contributed by atoms with Crippen LogP contribution in [0.1, 0.15) is 11.4 Å². The van der Waals surface area contributed by atoms with Gasteiger partial charge in [-0.1, -0.05) is 15.9 Å². The van der Waals surface area contributed by atoms with Crippen molar-refractivity contribution < 1.29 is 5.11 Å². The Bertz CT molecular complexity index is 614. The van der Waals surface area contributed by atoms with Gasteiger partial charge in [-0.15, -0.1) is 0 Å². The van der Waals surface area contributed by atoms with Gasteiger partial charge >= 0.3 is 0 Å². The second kappa shape index (κ2) is 6.13. The molecule has 1 aromatic heterocycles. The molecule has 0 unspecified atom stereocenters. The Hall–Kier alpha value is -1.75. The van der Waals surface area contributed by atoms with Gasteiger partial charge in [-0.25, -0.2) is 0 Å². The Labute approximate surface area is 127 Å². The molecule has 0 radical (unpaired) electrons. The molecule has 0 fully saturated rings. The van der Waals surface area contributed by atoms with Crippen LogP contribution in [0.25, 0.3) is 0 Å². The summed E-state index contributed by atoms with van der Waals surface area (Å²) in [5.74, 6) is 0.212. The fourth-order valence-corrected chi connectivity index (χ4v) is 2.31. The lowest BCUT2D eigenvalue weighted by atomic mass is 10.2. The first kappa shape index (κ1) is 14.7. The van der Waals surface area contributed by atoms with Crippen LogP contribution in [0.5, 0.6) is 5.75 Å². The van der Waals surface area contributed by atoms with Crippen molar-refractivity contribution in [2.24, 2.45) is 0 Å². The SMILES string of the molecule is Cc1ccc(O)c(CNc2cc(Br)ccc2N(C)C)n1. The fraction of sp³-hybridized carbons (Fsp3) is 0.267. The maximum atomic E-state index is 9.82. The molecule has 0 saturated carbocycles. The van der Waals surface area contributed by atoms with Crippen LogP contribution >= 0.6 is 15.9 Å². The molecule has 0 amide bonds. The predicted octanol–water partition coefficient (Wildman–Crippen LogP) is 3.54. The van der Waals surface area contributed by atoms with Crippen molar-refractivity contribution >= 4 is 27.3 Å². The Morgan fingerprint density at radius 2 is 2.00 bits per heavy atom. The van der Waals surface area contributed by atoms with Crippen molar-refractivity contribution in [3.05, 3.63) is 46.2 Å². The smallest absolute Gasteiger partial charge is 0.138 e. The summed E-state index contributed by atoms with van der Waals surface area (Å²) in [4.78, 5) is 6.39. The predicted molar refractivity (Wildman–Crippen MR) is 86.4 cm³/mol. The van der Waals surface area contributed by atoms with E-state index in [0.717, 1.165) is 21.5 Å². The quantitative estimate of drug-likeness (QED) is 0.897. The first-order valence-electron chi connectivity index (χ1n) is 6.33. The molecule has 0 saturated heterocycles. The number of pyridine rings is 1. The van der Waals surface area contributed by atoms with Gasteiger partial charge in [-0.2, -0.15) is 0 Å². The van der Waals surface area contributed by atoms with Gasteiger partial charge in [0, 0.05) is 24.3 Å². The standard InChI is InChI=1S/C15H18BrN3O/c1-10-4-7-15(20)13(18-10)9-17-12-8-11(16)5-6-14(12)19(2)3/h4-8,17,20H,9H2,1-3H3. The average Bonchev–Trinajstić information content (AvgIpc) is 2.39. The zero-order valence-electron chi connectivity index (χ0n) is 11.8. The fourth-order valence-electron chi connectivity index (χ4n) is 1.95. The molecule has 0 spiro atoms. The van der Waals surface area contributed by atoms with E-state index in [-0.39, 0.29) is 5.75 Å². The molecule has 0 aliphatic carbocycles. The van der Waals surface area contributed by atoms with Crippen LogP contribution in [0, 0.1) is 6.92 Å². The number of nitrogens with one attached hydrogen (secondary N) is 1. The number of aromatic hydroxyl groups is 1. The van der Waals surface area contributed by atoms with Crippen LogP contribution in [0.3, 0.4) is 0 Å². The first-order valence-corrected chi connectivity index (χ1v) is 7.13. The number of hydrogen-bond donors (Lipinski definition) is 2. The molecule has 0 atom stereocenters. The lowest BCUT2D eigenvalue weighted by molar-refractivity contribution is 0.464. The first-order chi connectivity index (χ1) is 9.47. The highest BCUT2D eigenvalue weighted by Crippen LogP contribution is 2.29. The lowest BCUT2D eigenvalue weighted by Crippen LogP contribution is -2.12. The second-order valence-electron chi connectivity index (χ2n) is 4.83. The zero-order chi connectivity index (χ0) is 14.7. The van der Waals surface area contributed by atoms with Gasteiger partial charge in [0.2, 0.25) is 0 Å². The van der Waals surface area contributed by atoms with Crippen molar-refractivity contribution in [1.82, 2.24) is 4.98 Å². The zero-order valence-corrected chi connectivity index (χ0v) is 13.4. The van der Waals surface area contributed by atoms with E-state index in [4.69, 9.17) is 0 Å². The number of aromatic nitrogens is 1. The Morgan fingerprint density at radius 1 is 1.25 bits per heavy atom. The van der Waals surface area contributed by atoms with Gasteiger partial charge < -0.3 is 15.3 Å². The molecular weight excluding hydrogens is 318 g/mol. The largest absolute Gasteiger partial charge is 0.506 e. The summed E-state index contributed by atoms with van der Waals surface area (Å²) in [6.45, 7) is 2.39. The molecule has 2 aromatic rings.